The minimum Gasteiger partial charge on any atom is -0.478 e. The molecule has 0 heterocycles. The van der Waals surface area contributed by atoms with E-state index >= 15 is 0 Å². The zero-order valence-electron chi connectivity index (χ0n) is 7.38. The Morgan fingerprint density at radius 1 is 1.54 bits per heavy atom. The summed E-state index contributed by atoms with van der Waals surface area (Å²) in [7, 11) is 0. The molecule has 1 rings (SSSR count). The lowest BCUT2D eigenvalue weighted by Crippen LogP contribution is -2.02. The number of hydrogen-bond acceptors (Lipinski definition) is 1. The fourth-order valence-electron chi connectivity index (χ4n) is 1.29. The van der Waals surface area contributed by atoms with Gasteiger partial charge in [0.05, 0.1) is 5.56 Å². The number of aromatic carboxylic acids is 1. The van der Waals surface area contributed by atoms with Gasteiger partial charge in [0.1, 0.15) is 0 Å². The first kappa shape index (κ1) is 10.1. The number of aryl methyl sites for hydroxylation is 1. The molecule has 0 aromatic heterocycles. The van der Waals surface area contributed by atoms with E-state index in [1.54, 1.807) is 12.1 Å². The van der Waals surface area contributed by atoms with Gasteiger partial charge in [-0.25, -0.2) is 4.79 Å². The third-order valence-corrected chi connectivity index (χ3v) is 2.23. The lowest BCUT2D eigenvalue weighted by molar-refractivity contribution is 0.0696. The van der Waals surface area contributed by atoms with Crippen LogP contribution in [0.2, 0.25) is 0 Å². The van der Waals surface area contributed by atoms with Gasteiger partial charge in [0.2, 0.25) is 0 Å². The highest BCUT2D eigenvalue weighted by Crippen LogP contribution is 2.14. The van der Waals surface area contributed by atoms with Crippen molar-refractivity contribution in [1.82, 2.24) is 0 Å². The number of carboxylic acid groups (broad SMARTS) is 1. The molecule has 0 unspecified atom stereocenters. The van der Waals surface area contributed by atoms with Gasteiger partial charge in [-0.3, -0.25) is 0 Å². The van der Waals surface area contributed by atoms with E-state index in [2.05, 4.69) is 0 Å². The second-order valence-corrected chi connectivity index (χ2v) is 3.21. The number of halogens is 1. The van der Waals surface area contributed by atoms with Crippen LogP contribution in [0.4, 0.5) is 0 Å². The fraction of sp³-hybridized carbons (Fsp3) is 0.300. The minimum absolute atomic E-state index is 0.364. The SMILES string of the molecule is Cc1c(CCCl)cccc1C(=O)O. The Morgan fingerprint density at radius 3 is 2.77 bits per heavy atom. The number of carboxylic acids is 1. The van der Waals surface area contributed by atoms with E-state index in [1.807, 2.05) is 13.0 Å². The van der Waals surface area contributed by atoms with Crippen molar-refractivity contribution in [2.75, 3.05) is 5.88 Å². The first-order valence-electron chi connectivity index (χ1n) is 4.04. The molecule has 0 aliphatic rings. The van der Waals surface area contributed by atoms with Crippen molar-refractivity contribution in [3.63, 3.8) is 0 Å². The largest absolute Gasteiger partial charge is 0.478 e. The highest BCUT2D eigenvalue weighted by atomic mass is 35.5. The van der Waals surface area contributed by atoms with Crippen LogP contribution < -0.4 is 0 Å². The Morgan fingerprint density at radius 2 is 2.23 bits per heavy atom. The van der Waals surface area contributed by atoms with Gasteiger partial charge in [-0.15, -0.1) is 11.6 Å². The quantitative estimate of drug-likeness (QED) is 0.758. The monoisotopic (exact) mass is 198 g/mol. The summed E-state index contributed by atoms with van der Waals surface area (Å²) in [5.74, 6) is -0.363. The molecular formula is C10H11ClO2. The van der Waals surface area contributed by atoms with Crippen molar-refractivity contribution in [2.45, 2.75) is 13.3 Å². The van der Waals surface area contributed by atoms with E-state index in [9.17, 15) is 4.79 Å². The van der Waals surface area contributed by atoms with Gasteiger partial charge in [0, 0.05) is 5.88 Å². The number of hydrogen-bond donors (Lipinski definition) is 1. The molecule has 0 saturated carbocycles. The maximum atomic E-state index is 10.7. The van der Waals surface area contributed by atoms with Gasteiger partial charge in [0.25, 0.3) is 0 Å². The standard InChI is InChI=1S/C10H11ClO2/c1-7-8(5-6-11)3-2-4-9(7)10(12)13/h2-4H,5-6H2,1H3,(H,12,13). The van der Waals surface area contributed by atoms with Gasteiger partial charge >= 0.3 is 5.97 Å². The molecule has 0 amide bonds. The Labute approximate surface area is 82.2 Å². The zero-order chi connectivity index (χ0) is 9.84. The minimum atomic E-state index is -0.881. The smallest absolute Gasteiger partial charge is 0.335 e. The first-order chi connectivity index (χ1) is 6.16. The molecule has 0 aliphatic heterocycles. The van der Waals surface area contributed by atoms with Crippen LogP contribution in [-0.4, -0.2) is 17.0 Å². The molecule has 13 heavy (non-hydrogen) atoms. The number of rotatable bonds is 3. The molecule has 0 aliphatic carbocycles. The van der Waals surface area contributed by atoms with Crippen LogP contribution >= 0.6 is 11.6 Å². The second-order valence-electron chi connectivity index (χ2n) is 2.83. The summed E-state index contributed by atoms with van der Waals surface area (Å²) in [6, 6.07) is 5.26. The van der Waals surface area contributed by atoms with Crippen molar-refractivity contribution in [3.05, 3.63) is 34.9 Å². The molecule has 0 fully saturated rings. The predicted octanol–water partition coefficient (Wildman–Crippen LogP) is 2.47. The molecule has 0 bridgehead atoms. The Bertz CT molecular complexity index is 321. The van der Waals surface area contributed by atoms with Crippen molar-refractivity contribution in [2.24, 2.45) is 0 Å². The van der Waals surface area contributed by atoms with Crippen LogP contribution in [0.15, 0.2) is 18.2 Å². The van der Waals surface area contributed by atoms with Crippen molar-refractivity contribution in [1.29, 1.82) is 0 Å². The molecule has 0 radical (unpaired) electrons. The predicted molar refractivity (Wildman–Crippen MR) is 52.6 cm³/mol. The molecule has 1 N–H and O–H groups in total. The first-order valence-corrected chi connectivity index (χ1v) is 4.58. The van der Waals surface area contributed by atoms with E-state index in [-0.39, 0.29) is 0 Å². The van der Waals surface area contributed by atoms with E-state index in [0.717, 1.165) is 11.1 Å². The molecule has 0 saturated heterocycles. The Balaban J connectivity index is 3.10. The zero-order valence-corrected chi connectivity index (χ0v) is 8.14. The summed E-state index contributed by atoms with van der Waals surface area (Å²) >= 11 is 5.59. The lowest BCUT2D eigenvalue weighted by Gasteiger charge is -2.06. The van der Waals surface area contributed by atoms with Gasteiger partial charge in [-0.2, -0.15) is 0 Å². The third-order valence-electron chi connectivity index (χ3n) is 2.04. The van der Waals surface area contributed by atoms with Crippen molar-refractivity contribution < 1.29 is 9.90 Å². The molecule has 2 nitrogen and oxygen atoms in total. The molecule has 0 spiro atoms. The normalized spacial score (nSPS) is 10.0. The van der Waals surface area contributed by atoms with E-state index in [4.69, 9.17) is 16.7 Å². The number of benzene rings is 1. The van der Waals surface area contributed by atoms with Crippen LogP contribution in [0.1, 0.15) is 21.5 Å². The number of alkyl halides is 1. The molecular weight excluding hydrogens is 188 g/mol. The van der Waals surface area contributed by atoms with Crippen molar-refractivity contribution in [3.8, 4) is 0 Å². The van der Waals surface area contributed by atoms with Crippen LogP contribution in [0.25, 0.3) is 0 Å². The van der Waals surface area contributed by atoms with Gasteiger partial charge in [-0.05, 0) is 30.5 Å². The summed E-state index contributed by atoms with van der Waals surface area (Å²) in [5.41, 5.74) is 2.19. The van der Waals surface area contributed by atoms with Gasteiger partial charge < -0.3 is 5.11 Å². The lowest BCUT2D eigenvalue weighted by atomic mass is 10.0. The summed E-state index contributed by atoms with van der Waals surface area (Å²) < 4.78 is 0. The molecule has 70 valence electrons. The maximum Gasteiger partial charge on any atom is 0.335 e. The summed E-state index contributed by atoms with van der Waals surface area (Å²) in [5, 5.41) is 8.83. The highest BCUT2D eigenvalue weighted by Gasteiger charge is 2.08. The summed E-state index contributed by atoms with van der Waals surface area (Å²) in [4.78, 5) is 10.7. The van der Waals surface area contributed by atoms with Crippen molar-refractivity contribution >= 4 is 17.6 Å². The third kappa shape index (κ3) is 2.22. The Hall–Kier alpha value is -1.02. The van der Waals surface area contributed by atoms with Crippen LogP contribution in [-0.2, 0) is 6.42 Å². The van der Waals surface area contributed by atoms with Crippen LogP contribution in [0, 0.1) is 6.92 Å². The second kappa shape index (κ2) is 4.28. The van der Waals surface area contributed by atoms with E-state index < -0.39 is 5.97 Å². The average molecular weight is 199 g/mol. The fourth-order valence-corrected chi connectivity index (χ4v) is 1.49. The van der Waals surface area contributed by atoms with Gasteiger partial charge in [0.15, 0.2) is 0 Å². The summed E-state index contributed by atoms with van der Waals surface area (Å²) in [6.45, 7) is 1.81. The molecule has 1 aromatic rings. The molecule has 1 aromatic carbocycles. The Kier molecular flexibility index (Phi) is 3.32. The molecule has 0 atom stereocenters. The topological polar surface area (TPSA) is 37.3 Å². The summed E-state index contributed by atoms with van der Waals surface area (Å²) in [6.07, 6.45) is 0.717. The van der Waals surface area contributed by atoms with Crippen LogP contribution in [0.5, 0.6) is 0 Å². The van der Waals surface area contributed by atoms with E-state index in [1.165, 1.54) is 0 Å². The molecule has 3 heteroatoms. The number of carbonyl (C=O) groups is 1. The average Bonchev–Trinajstić information content (AvgIpc) is 2.08. The highest BCUT2D eigenvalue weighted by molar-refractivity contribution is 6.18. The van der Waals surface area contributed by atoms with Crippen LogP contribution in [0.3, 0.4) is 0 Å². The maximum absolute atomic E-state index is 10.7. The van der Waals surface area contributed by atoms with Gasteiger partial charge in [-0.1, -0.05) is 12.1 Å². The van der Waals surface area contributed by atoms with E-state index in [0.29, 0.717) is 17.9 Å².